The molecule has 0 aliphatic heterocycles. The van der Waals surface area contributed by atoms with Crippen molar-refractivity contribution in [1.82, 2.24) is 10.6 Å². The Hall–Kier alpha value is -3.79. The highest BCUT2D eigenvalue weighted by Crippen LogP contribution is 2.44. The van der Waals surface area contributed by atoms with Gasteiger partial charge in [0, 0.05) is 24.8 Å². The van der Waals surface area contributed by atoms with Crippen LogP contribution in [0.15, 0.2) is 48.5 Å². The molecule has 1 fully saturated rings. The van der Waals surface area contributed by atoms with Crippen LogP contribution in [-0.2, 0) is 14.3 Å². The second kappa shape index (κ2) is 10.4. The molecule has 4 rings (SSSR count). The fourth-order valence-corrected chi connectivity index (χ4v) is 4.74. The predicted molar refractivity (Wildman–Crippen MR) is 127 cm³/mol. The smallest absolute Gasteiger partial charge is 0.407 e. The summed E-state index contributed by atoms with van der Waals surface area (Å²) in [5.74, 6) is 0.716. The number of hydrogen-bond acceptors (Lipinski definition) is 4. The molecular weight excluding hydrogens is 432 g/mol. The van der Waals surface area contributed by atoms with E-state index in [0.29, 0.717) is 0 Å². The van der Waals surface area contributed by atoms with Crippen LogP contribution in [0.3, 0.4) is 0 Å². The molecule has 7 nitrogen and oxygen atoms in total. The molecule has 0 saturated heterocycles. The number of aliphatic carboxylic acids is 1. The lowest BCUT2D eigenvalue weighted by Gasteiger charge is -2.34. The third-order valence-corrected chi connectivity index (χ3v) is 6.73. The number of fused-ring (bicyclic) bond motifs is 3. The van der Waals surface area contributed by atoms with Crippen LogP contribution in [0.2, 0.25) is 0 Å². The molecule has 2 atom stereocenters. The van der Waals surface area contributed by atoms with E-state index in [1.165, 1.54) is 0 Å². The molecule has 0 radical (unpaired) electrons. The standard InChI is InChI=1S/C27H28N2O5/c1-2-8-23(26(31)32)28-25(30)15-24(17-9-7-10-17)29-27(33)34-16-22-20-13-5-3-11-18(20)19-12-4-6-14-21(19)22/h1,3-6,11-14,17,22-24H,7-10,15-16H2,(H,28,30)(H,29,33)(H,31,32). The summed E-state index contributed by atoms with van der Waals surface area (Å²) in [6.45, 7) is 0.187. The van der Waals surface area contributed by atoms with E-state index in [0.717, 1.165) is 41.5 Å². The van der Waals surface area contributed by atoms with Gasteiger partial charge in [-0.05, 0) is 41.0 Å². The third-order valence-electron chi connectivity index (χ3n) is 6.73. The number of terminal acetylenes is 1. The molecule has 1 saturated carbocycles. The minimum Gasteiger partial charge on any atom is -0.480 e. The first-order chi connectivity index (χ1) is 16.5. The summed E-state index contributed by atoms with van der Waals surface area (Å²) in [5, 5.41) is 14.5. The van der Waals surface area contributed by atoms with Crippen molar-refractivity contribution in [1.29, 1.82) is 0 Å². The van der Waals surface area contributed by atoms with E-state index in [1.54, 1.807) is 0 Å². The average molecular weight is 461 g/mol. The minimum atomic E-state index is -1.18. The lowest BCUT2D eigenvalue weighted by atomic mass is 9.78. The van der Waals surface area contributed by atoms with Crippen LogP contribution in [0, 0.1) is 18.3 Å². The van der Waals surface area contributed by atoms with Crippen LogP contribution < -0.4 is 10.6 Å². The van der Waals surface area contributed by atoms with Gasteiger partial charge in [-0.2, -0.15) is 0 Å². The van der Waals surface area contributed by atoms with E-state index in [4.69, 9.17) is 11.2 Å². The zero-order valence-corrected chi connectivity index (χ0v) is 18.8. The number of carboxylic acid groups (broad SMARTS) is 1. The van der Waals surface area contributed by atoms with E-state index in [2.05, 4.69) is 40.8 Å². The molecule has 0 spiro atoms. The maximum Gasteiger partial charge on any atom is 0.407 e. The summed E-state index contributed by atoms with van der Waals surface area (Å²) in [5.41, 5.74) is 4.55. The first-order valence-electron chi connectivity index (χ1n) is 11.5. The number of hydrogen-bond donors (Lipinski definition) is 3. The Morgan fingerprint density at radius 1 is 1.03 bits per heavy atom. The van der Waals surface area contributed by atoms with Crippen molar-refractivity contribution < 1.29 is 24.2 Å². The Balaban J connectivity index is 1.37. The number of rotatable bonds is 9. The second-order valence-electron chi connectivity index (χ2n) is 8.84. The number of ether oxygens (including phenoxy) is 1. The molecule has 0 bridgehead atoms. The van der Waals surface area contributed by atoms with E-state index >= 15 is 0 Å². The van der Waals surface area contributed by atoms with Crippen molar-refractivity contribution in [2.24, 2.45) is 5.92 Å². The van der Waals surface area contributed by atoms with Crippen molar-refractivity contribution in [3.05, 3.63) is 59.7 Å². The highest BCUT2D eigenvalue weighted by Gasteiger charge is 2.33. The number of alkyl carbamates (subject to hydrolysis) is 1. The summed E-state index contributed by atoms with van der Waals surface area (Å²) in [6, 6.07) is 14.6. The maximum atomic E-state index is 12.7. The Kier molecular flexibility index (Phi) is 7.17. The van der Waals surface area contributed by atoms with Gasteiger partial charge in [0.1, 0.15) is 12.6 Å². The molecule has 0 aromatic heterocycles. The van der Waals surface area contributed by atoms with Crippen molar-refractivity contribution in [3.8, 4) is 23.5 Å². The summed E-state index contributed by atoms with van der Waals surface area (Å²) in [7, 11) is 0. The first-order valence-corrected chi connectivity index (χ1v) is 11.5. The zero-order chi connectivity index (χ0) is 24.1. The molecule has 2 aliphatic carbocycles. The molecular formula is C27H28N2O5. The summed E-state index contributed by atoms with van der Waals surface area (Å²) in [6.07, 6.45) is 7.32. The minimum absolute atomic E-state index is 0.0246. The average Bonchev–Trinajstić information content (AvgIpc) is 3.10. The summed E-state index contributed by atoms with van der Waals surface area (Å²) in [4.78, 5) is 36.5. The number of carboxylic acids is 1. The van der Waals surface area contributed by atoms with Gasteiger partial charge in [-0.3, -0.25) is 4.79 Å². The number of benzene rings is 2. The largest absolute Gasteiger partial charge is 0.480 e. The van der Waals surface area contributed by atoms with Gasteiger partial charge in [0.25, 0.3) is 0 Å². The zero-order valence-electron chi connectivity index (χ0n) is 18.8. The third kappa shape index (κ3) is 5.07. The normalized spacial score (nSPS) is 16.2. The first kappa shape index (κ1) is 23.4. The highest BCUT2D eigenvalue weighted by atomic mass is 16.5. The number of carbonyl (C=O) groups excluding carboxylic acids is 2. The van der Waals surface area contributed by atoms with Crippen LogP contribution in [-0.4, -0.2) is 41.8 Å². The molecule has 2 aliphatic rings. The van der Waals surface area contributed by atoms with Crippen molar-refractivity contribution in [2.75, 3.05) is 6.61 Å². The van der Waals surface area contributed by atoms with E-state index in [-0.39, 0.29) is 31.3 Å². The molecule has 0 heterocycles. The van der Waals surface area contributed by atoms with Crippen LogP contribution in [0.25, 0.3) is 11.1 Å². The van der Waals surface area contributed by atoms with E-state index < -0.39 is 30.1 Å². The predicted octanol–water partition coefficient (Wildman–Crippen LogP) is 3.68. The maximum absolute atomic E-state index is 12.7. The SMILES string of the molecule is C#CCC(NC(=O)CC(NC(=O)OCC1c2ccccc2-c2ccccc21)C1CCC1)C(=O)O. The number of carbonyl (C=O) groups is 3. The molecule has 7 heteroatoms. The molecule has 34 heavy (non-hydrogen) atoms. The van der Waals surface area contributed by atoms with Crippen LogP contribution >= 0.6 is 0 Å². The molecule has 2 aromatic carbocycles. The van der Waals surface area contributed by atoms with Gasteiger partial charge in [0.2, 0.25) is 5.91 Å². The van der Waals surface area contributed by atoms with E-state index in [9.17, 15) is 19.5 Å². The van der Waals surface area contributed by atoms with Crippen LogP contribution in [0.4, 0.5) is 4.79 Å². The van der Waals surface area contributed by atoms with Gasteiger partial charge >= 0.3 is 12.1 Å². The molecule has 2 amide bonds. The van der Waals surface area contributed by atoms with Gasteiger partial charge in [-0.1, -0.05) is 55.0 Å². The topological polar surface area (TPSA) is 105 Å². The fourth-order valence-electron chi connectivity index (χ4n) is 4.74. The Bertz CT molecular complexity index is 1070. The van der Waals surface area contributed by atoms with Gasteiger partial charge < -0.3 is 20.5 Å². The fraction of sp³-hybridized carbons (Fsp3) is 0.370. The molecule has 3 N–H and O–H groups in total. The van der Waals surface area contributed by atoms with Crippen molar-refractivity contribution >= 4 is 18.0 Å². The highest BCUT2D eigenvalue weighted by molar-refractivity contribution is 5.84. The molecule has 176 valence electrons. The van der Waals surface area contributed by atoms with Gasteiger partial charge in [0.15, 0.2) is 0 Å². The quantitative estimate of drug-likeness (QED) is 0.495. The Labute approximate surface area is 198 Å². The molecule has 2 unspecified atom stereocenters. The van der Waals surface area contributed by atoms with E-state index in [1.807, 2.05) is 24.3 Å². The monoisotopic (exact) mass is 460 g/mol. The van der Waals surface area contributed by atoms with Crippen molar-refractivity contribution in [2.45, 2.75) is 50.1 Å². The lowest BCUT2D eigenvalue weighted by Crippen LogP contribution is -2.48. The number of nitrogens with one attached hydrogen (secondary N) is 2. The van der Waals surface area contributed by atoms with Gasteiger partial charge in [-0.25, -0.2) is 9.59 Å². The summed E-state index contributed by atoms with van der Waals surface area (Å²) < 4.78 is 5.63. The van der Waals surface area contributed by atoms with Gasteiger partial charge in [-0.15, -0.1) is 12.3 Å². The number of amides is 2. The Morgan fingerprint density at radius 3 is 2.18 bits per heavy atom. The summed E-state index contributed by atoms with van der Waals surface area (Å²) >= 11 is 0. The Morgan fingerprint density at radius 2 is 1.65 bits per heavy atom. The lowest BCUT2D eigenvalue weighted by molar-refractivity contribution is -0.141. The molecule has 2 aromatic rings. The van der Waals surface area contributed by atoms with Crippen LogP contribution in [0.5, 0.6) is 0 Å². The van der Waals surface area contributed by atoms with Crippen molar-refractivity contribution in [3.63, 3.8) is 0 Å². The van der Waals surface area contributed by atoms with Gasteiger partial charge in [0.05, 0.1) is 0 Å². The second-order valence-corrected chi connectivity index (χ2v) is 8.84. The van der Waals surface area contributed by atoms with Crippen LogP contribution in [0.1, 0.15) is 49.1 Å².